The summed E-state index contributed by atoms with van der Waals surface area (Å²) < 4.78 is 0. The number of aryl methyl sites for hydroxylation is 1. The third kappa shape index (κ3) is 1.73. The van der Waals surface area contributed by atoms with E-state index in [0.29, 0.717) is 12.4 Å². The molecule has 0 spiro atoms. The van der Waals surface area contributed by atoms with Crippen molar-refractivity contribution in [3.05, 3.63) is 17.7 Å². The molecule has 10 heavy (non-hydrogen) atoms. The molecule has 0 radical (unpaired) electrons. The van der Waals surface area contributed by atoms with Crippen molar-refractivity contribution in [3.63, 3.8) is 0 Å². The second kappa shape index (κ2) is 3.22. The fraction of sp³-hybridized carbons (Fsp3) is 0.500. The van der Waals surface area contributed by atoms with E-state index in [1.54, 1.807) is 6.20 Å². The minimum absolute atomic E-state index is 0.609. The first-order valence-corrected chi connectivity index (χ1v) is 3.18. The van der Waals surface area contributed by atoms with Crippen LogP contribution in [0.25, 0.3) is 0 Å². The molecule has 1 heterocycles. The lowest BCUT2D eigenvalue weighted by molar-refractivity contribution is 0.827. The van der Waals surface area contributed by atoms with Crippen LogP contribution in [0.5, 0.6) is 0 Å². The van der Waals surface area contributed by atoms with Gasteiger partial charge >= 0.3 is 0 Å². The topological polar surface area (TPSA) is 64.7 Å². The van der Waals surface area contributed by atoms with Crippen molar-refractivity contribution in [2.75, 3.05) is 6.54 Å². The largest absolute Gasteiger partial charge is 0.330 e. The fourth-order valence-electron chi connectivity index (χ4n) is 0.706. The van der Waals surface area contributed by atoms with E-state index >= 15 is 0 Å². The molecule has 0 aliphatic carbocycles. The van der Waals surface area contributed by atoms with Gasteiger partial charge < -0.3 is 5.73 Å². The van der Waals surface area contributed by atoms with Gasteiger partial charge in [0.25, 0.3) is 0 Å². The van der Waals surface area contributed by atoms with Gasteiger partial charge in [0.2, 0.25) is 0 Å². The summed E-state index contributed by atoms with van der Waals surface area (Å²) in [6, 6.07) is 0. The van der Waals surface area contributed by atoms with Gasteiger partial charge in [-0.15, -0.1) is 5.10 Å². The third-order valence-electron chi connectivity index (χ3n) is 1.12. The van der Waals surface area contributed by atoms with Crippen LogP contribution < -0.4 is 5.73 Å². The molecule has 4 heteroatoms. The maximum Gasteiger partial charge on any atom is 0.148 e. The summed E-state index contributed by atoms with van der Waals surface area (Å²) in [6.07, 6.45) is 2.41. The average molecular weight is 138 g/mol. The molecule has 0 aromatic carbocycles. The van der Waals surface area contributed by atoms with Gasteiger partial charge in [-0.05, 0) is 13.5 Å². The summed E-state index contributed by atoms with van der Waals surface area (Å²) in [7, 11) is 0. The number of rotatable bonds is 2. The van der Waals surface area contributed by atoms with E-state index in [-0.39, 0.29) is 0 Å². The van der Waals surface area contributed by atoms with Crippen molar-refractivity contribution >= 4 is 0 Å². The van der Waals surface area contributed by atoms with Gasteiger partial charge in [-0.2, -0.15) is 5.10 Å². The summed E-state index contributed by atoms with van der Waals surface area (Å²) in [4.78, 5) is 4.11. The van der Waals surface area contributed by atoms with Crippen molar-refractivity contribution in [3.8, 4) is 0 Å². The number of nitrogens with zero attached hydrogens (tertiary/aromatic N) is 3. The zero-order valence-corrected chi connectivity index (χ0v) is 5.91. The standard InChI is InChI=1S/C6H10N4/c1-5-9-6(2-3-7)4-8-10-5/h4H,2-3,7H2,1H3. The van der Waals surface area contributed by atoms with Gasteiger partial charge in [0.15, 0.2) is 0 Å². The van der Waals surface area contributed by atoms with Crippen molar-refractivity contribution in [1.29, 1.82) is 0 Å². The van der Waals surface area contributed by atoms with Gasteiger partial charge in [-0.25, -0.2) is 4.98 Å². The lowest BCUT2D eigenvalue weighted by Gasteiger charge is -1.95. The highest BCUT2D eigenvalue weighted by Crippen LogP contribution is 1.90. The van der Waals surface area contributed by atoms with Crippen LogP contribution >= 0.6 is 0 Å². The summed E-state index contributed by atoms with van der Waals surface area (Å²) in [5.74, 6) is 0.700. The van der Waals surface area contributed by atoms with Crippen LogP contribution in [0.3, 0.4) is 0 Å². The van der Waals surface area contributed by atoms with E-state index in [4.69, 9.17) is 5.73 Å². The number of hydrogen-bond donors (Lipinski definition) is 1. The molecular weight excluding hydrogens is 128 g/mol. The Morgan fingerprint density at radius 3 is 3.00 bits per heavy atom. The van der Waals surface area contributed by atoms with Gasteiger partial charge in [0, 0.05) is 6.42 Å². The van der Waals surface area contributed by atoms with E-state index in [0.717, 1.165) is 12.1 Å². The summed E-state index contributed by atoms with van der Waals surface area (Å²) in [6.45, 7) is 2.42. The molecular formula is C6H10N4. The Hall–Kier alpha value is -1.03. The highest BCUT2D eigenvalue weighted by atomic mass is 15.1. The maximum atomic E-state index is 5.32. The van der Waals surface area contributed by atoms with Gasteiger partial charge in [-0.3, -0.25) is 0 Å². The number of hydrogen-bond acceptors (Lipinski definition) is 4. The van der Waals surface area contributed by atoms with Crippen molar-refractivity contribution in [1.82, 2.24) is 15.2 Å². The second-order valence-corrected chi connectivity index (χ2v) is 2.03. The van der Waals surface area contributed by atoms with Crippen LogP contribution in [0.4, 0.5) is 0 Å². The Morgan fingerprint density at radius 2 is 2.40 bits per heavy atom. The highest BCUT2D eigenvalue weighted by Gasteiger charge is 1.93. The van der Waals surface area contributed by atoms with E-state index in [1.807, 2.05) is 6.92 Å². The Morgan fingerprint density at radius 1 is 1.60 bits per heavy atom. The Kier molecular flexibility index (Phi) is 2.28. The molecule has 0 unspecified atom stereocenters. The molecule has 4 nitrogen and oxygen atoms in total. The third-order valence-corrected chi connectivity index (χ3v) is 1.12. The molecule has 0 fully saturated rings. The fourth-order valence-corrected chi connectivity index (χ4v) is 0.706. The molecule has 0 bridgehead atoms. The normalized spacial score (nSPS) is 9.80. The van der Waals surface area contributed by atoms with Crippen LogP contribution in [0.2, 0.25) is 0 Å². The second-order valence-electron chi connectivity index (χ2n) is 2.03. The first-order chi connectivity index (χ1) is 4.83. The van der Waals surface area contributed by atoms with Crippen LogP contribution in [-0.4, -0.2) is 21.7 Å². The molecule has 0 atom stereocenters. The average Bonchev–Trinajstić information content (AvgIpc) is 1.88. The predicted octanol–water partition coefficient (Wildman–Crippen LogP) is -0.319. The Balaban J connectivity index is 2.75. The highest BCUT2D eigenvalue weighted by molar-refractivity contribution is 4.95. The van der Waals surface area contributed by atoms with Crippen molar-refractivity contribution in [2.45, 2.75) is 13.3 Å². The molecule has 0 aliphatic rings. The first kappa shape index (κ1) is 7.08. The lowest BCUT2D eigenvalue weighted by Crippen LogP contribution is -2.06. The Labute approximate surface area is 59.5 Å². The molecule has 1 aromatic heterocycles. The quantitative estimate of drug-likeness (QED) is 0.608. The minimum Gasteiger partial charge on any atom is -0.330 e. The molecule has 1 rings (SSSR count). The van der Waals surface area contributed by atoms with Crippen molar-refractivity contribution in [2.24, 2.45) is 5.73 Å². The smallest absolute Gasteiger partial charge is 0.148 e. The molecule has 2 N–H and O–H groups in total. The molecule has 0 amide bonds. The van der Waals surface area contributed by atoms with Crippen LogP contribution in [0.1, 0.15) is 11.5 Å². The molecule has 0 aliphatic heterocycles. The van der Waals surface area contributed by atoms with Gasteiger partial charge in [0.1, 0.15) is 5.82 Å². The predicted molar refractivity (Wildman–Crippen MR) is 37.3 cm³/mol. The molecule has 1 aromatic rings. The van der Waals surface area contributed by atoms with Gasteiger partial charge in [-0.1, -0.05) is 0 Å². The zero-order valence-electron chi connectivity index (χ0n) is 5.91. The molecule has 54 valence electrons. The summed E-state index contributed by atoms with van der Waals surface area (Å²) in [5, 5.41) is 7.45. The van der Waals surface area contributed by atoms with Crippen LogP contribution in [-0.2, 0) is 6.42 Å². The lowest BCUT2D eigenvalue weighted by atomic mass is 10.3. The van der Waals surface area contributed by atoms with E-state index in [1.165, 1.54) is 0 Å². The summed E-state index contributed by atoms with van der Waals surface area (Å²) in [5.41, 5.74) is 6.23. The minimum atomic E-state index is 0.609. The Bertz CT molecular complexity index is 211. The number of aromatic nitrogens is 3. The molecule has 0 saturated carbocycles. The van der Waals surface area contributed by atoms with E-state index in [2.05, 4.69) is 15.2 Å². The van der Waals surface area contributed by atoms with Crippen LogP contribution in [0.15, 0.2) is 6.20 Å². The van der Waals surface area contributed by atoms with Crippen LogP contribution in [0, 0.1) is 6.92 Å². The van der Waals surface area contributed by atoms with E-state index < -0.39 is 0 Å². The number of nitrogens with two attached hydrogens (primary N) is 1. The van der Waals surface area contributed by atoms with Crippen molar-refractivity contribution < 1.29 is 0 Å². The zero-order chi connectivity index (χ0) is 7.40. The van der Waals surface area contributed by atoms with E-state index in [9.17, 15) is 0 Å². The maximum absolute atomic E-state index is 5.32. The first-order valence-electron chi connectivity index (χ1n) is 3.18. The van der Waals surface area contributed by atoms with Gasteiger partial charge in [0.05, 0.1) is 11.9 Å². The molecule has 0 saturated heterocycles. The monoisotopic (exact) mass is 138 g/mol. The summed E-state index contributed by atoms with van der Waals surface area (Å²) >= 11 is 0. The SMILES string of the molecule is Cc1nncc(CCN)n1.